The zero-order chi connectivity index (χ0) is 26.2. The van der Waals surface area contributed by atoms with E-state index in [0.29, 0.717) is 11.8 Å². The first-order valence-electron chi connectivity index (χ1n) is 14.2. The summed E-state index contributed by atoms with van der Waals surface area (Å²) >= 11 is 1.67. The van der Waals surface area contributed by atoms with Crippen molar-refractivity contribution >= 4 is 39.9 Å². The normalized spacial score (nSPS) is 14.6. The van der Waals surface area contributed by atoms with Crippen LogP contribution in [0, 0.1) is 11.8 Å². The molecule has 0 saturated carbocycles. The second-order valence-electron chi connectivity index (χ2n) is 11.3. The van der Waals surface area contributed by atoms with E-state index < -0.39 is 0 Å². The summed E-state index contributed by atoms with van der Waals surface area (Å²) in [6.07, 6.45) is 7.10. The summed E-state index contributed by atoms with van der Waals surface area (Å²) in [5.74, 6) is 2.14. The van der Waals surface area contributed by atoms with Crippen LogP contribution in [0.1, 0.15) is 76.6 Å². The second-order valence-corrected chi connectivity index (χ2v) is 12.1. The Morgan fingerprint density at radius 1 is 1.03 bits per heavy atom. The third-order valence-corrected chi connectivity index (χ3v) is 8.00. The lowest BCUT2D eigenvalue weighted by Crippen LogP contribution is -2.34. The summed E-state index contributed by atoms with van der Waals surface area (Å²) in [6.45, 7) is 14.9. The molecule has 4 rings (SSSR count). The summed E-state index contributed by atoms with van der Waals surface area (Å²) in [5.41, 5.74) is 3.79. The summed E-state index contributed by atoms with van der Waals surface area (Å²) in [7, 11) is 0. The van der Waals surface area contributed by atoms with Crippen molar-refractivity contribution in [3.8, 4) is 0 Å². The highest BCUT2D eigenvalue weighted by Gasteiger charge is 2.20. The number of carbonyl (C=O) groups excluding carboxylic acids is 1. The molecule has 0 atom stereocenters. The number of aryl methyl sites for hydroxylation is 1. The van der Waals surface area contributed by atoms with Gasteiger partial charge in [-0.15, -0.1) is 0 Å². The van der Waals surface area contributed by atoms with Crippen molar-refractivity contribution in [3.63, 3.8) is 0 Å². The summed E-state index contributed by atoms with van der Waals surface area (Å²) in [5, 5.41) is 7.70. The highest BCUT2D eigenvalue weighted by atomic mass is 32.1. The lowest BCUT2D eigenvalue weighted by Gasteiger charge is -2.26. The molecule has 7 heteroatoms. The topological polar surface area (TPSA) is 53.4 Å². The van der Waals surface area contributed by atoms with Crippen molar-refractivity contribution in [2.24, 2.45) is 11.8 Å². The number of benzene rings is 1. The average molecular weight is 524 g/mol. The van der Waals surface area contributed by atoms with Crippen LogP contribution in [0.25, 0.3) is 11.0 Å². The first-order valence-corrected chi connectivity index (χ1v) is 15.2. The molecule has 1 aliphatic heterocycles. The third kappa shape index (κ3) is 7.81. The van der Waals surface area contributed by atoms with E-state index in [9.17, 15) is 4.79 Å². The van der Waals surface area contributed by atoms with Crippen molar-refractivity contribution < 1.29 is 4.79 Å². The molecule has 1 saturated heterocycles. The zero-order valence-corrected chi connectivity index (χ0v) is 24.0. The van der Waals surface area contributed by atoms with Crippen LogP contribution in [-0.4, -0.2) is 58.0 Å². The maximum atomic E-state index is 13.7. The van der Waals surface area contributed by atoms with Gasteiger partial charge in [0, 0.05) is 30.6 Å². The number of aromatic nitrogens is 2. The molecule has 0 radical (unpaired) electrons. The Bertz CT molecular complexity index is 1100. The molecule has 3 aromatic rings. The molecule has 1 amide bonds. The molecule has 1 aromatic carbocycles. The molecular formula is C30H45N5OS. The van der Waals surface area contributed by atoms with Gasteiger partial charge in [0.05, 0.1) is 16.7 Å². The summed E-state index contributed by atoms with van der Waals surface area (Å²) < 4.78 is 2.28. The smallest absolute Gasteiger partial charge is 0.253 e. The molecule has 3 heterocycles. The minimum Gasteiger partial charge on any atom is -0.339 e. The van der Waals surface area contributed by atoms with Gasteiger partial charge in [-0.25, -0.2) is 4.98 Å². The van der Waals surface area contributed by atoms with Gasteiger partial charge < -0.3 is 19.7 Å². The summed E-state index contributed by atoms with van der Waals surface area (Å²) in [4.78, 5) is 23.3. The Kier molecular flexibility index (Phi) is 10.0. The Morgan fingerprint density at radius 3 is 2.41 bits per heavy atom. The quantitative estimate of drug-likeness (QED) is 0.256. The molecule has 0 spiro atoms. The molecule has 6 nitrogen and oxygen atoms in total. The minimum atomic E-state index is 0.136. The number of imidazole rings is 1. The van der Waals surface area contributed by atoms with Crippen LogP contribution in [0.15, 0.2) is 35.0 Å². The van der Waals surface area contributed by atoms with Crippen LogP contribution in [0.2, 0.25) is 0 Å². The fourth-order valence-electron chi connectivity index (χ4n) is 5.00. The number of rotatable bonds is 13. The Morgan fingerprint density at radius 2 is 1.76 bits per heavy atom. The van der Waals surface area contributed by atoms with Crippen molar-refractivity contribution in [3.05, 3.63) is 40.6 Å². The van der Waals surface area contributed by atoms with E-state index in [4.69, 9.17) is 4.98 Å². The Hall–Kier alpha value is -2.38. The van der Waals surface area contributed by atoms with E-state index in [0.717, 1.165) is 73.7 Å². The molecule has 0 unspecified atom stereocenters. The zero-order valence-electron chi connectivity index (χ0n) is 23.2. The standard InChI is InChI=1S/C30H45N5OS/c1-23(2)11-18-34(19-12-24(3)4)29(36)25-9-10-27-28(21-25)35(17-8-16-33-14-6-5-7-15-33)30(32-27)31-26-13-20-37-22-26/h9-10,13,20-24H,5-8,11-12,14-19H2,1-4H3,(H,31,32). The number of piperidine rings is 1. The monoisotopic (exact) mass is 523 g/mol. The van der Waals surface area contributed by atoms with Gasteiger partial charge in [-0.2, -0.15) is 11.3 Å². The van der Waals surface area contributed by atoms with Gasteiger partial charge in [0.25, 0.3) is 5.91 Å². The maximum absolute atomic E-state index is 13.7. The first-order chi connectivity index (χ1) is 17.9. The van der Waals surface area contributed by atoms with Crippen LogP contribution >= 0.6 is 11.3 Å². The minimum absolute atomic E-state index is 0.136. The fourth-order valence-corrected chi connectivity index (χ4v) is 5.59. The predicted molar refractivity (Wildman–Crippen MR) is 157 cm³/mol. The highest BCUT2D eigenvalue weighted by molar-refractivity contribution is 7.08. The molecule has 202 valence electrons. The number of thiophene rings is 1. The third-order valence-electron chi connectivity index (χ3n) is 7.32. The largest absolute Gasteiger partial charge is 0.339 e. The molecule has 1 fully saturated rings. The van der Waals surface area contributed by atoms with Crippen LogP contribution in [0.3, 0.4) is 0 Å². The van der Waals surface area contributed by atoms with E-state index in [1.54, 1.807) is 11.3 Å². The van der Waals surface area contributed by atoms with Gasteiger partial charge in [-0.1, -0.05) is 34.1 Å². The number of likely N-dealkylation sites (tertiary alicyclic amines) is 1. The van der Waals surface area contributed by atoms with Crippen molar-refractivity contribution in [2.75, 3.05) is 38.0 Å². The van der Waals surface area contributed by atoms with Gasteiger partial charge in [0.15, 0.2) is 0 Å². The number of amides is 1. The maximum Gasteiger partial charge on any atom is 0.253 e. The number of nitrogens with one attached hydrogen (secondary N) is 1. The molecular weight excluding hydrogens is 478 g/mol. The average Bonchev–Trinajstić information content (AvgIpc) is 3.52. The predicted octanol–water partition coefficient (Wildman–Crippen LogP) is 7.25. The number of fused-ring (bicyclic) bond motifs is 1. The number of carbonyl (C=O) groups is 1. The van der Waals surface area contributed by atoms with Gasteiger partial charge in [-0.3, -0.25) is 4.79 Å². The number of hydrogen-bond acceptors (Lipinski definition) is 5. The lowest BCUT2D eigenvalue weighted by atomic mass is 10.1. The highest BCUT2D eigenvalue weighted by Crippen LogP contribution is 2.26. The molecule has 0 aliphatic carbocycles. The Balaban J connectivity index is 1.58. The number of nitrogens with zero attached hydrogens (tertiary/aromatic N) is 4. The van der Waals surface area contributed by atoms with Crippen LogP contribution < -0.4 is 5.32 Å². The van der Waals surface area contributed by atoms with Gasteiger partial charge in [-0.05, 0) is 93.2 Å². The van der Waals surface area contributed by atoms with E-state index in [-0.39, 0.29) is 5.91 Å². The SMILES string of the molecule is CC(C)CCN(CCC(C)C)C(=O)c1ccc2nc(Nc3ccsc3)n(CCCN3CCCCC3)c2c1. The molecule has 2 aromatic heterocycles. The number of hydrogen-bond donors (Lipinski definition) is 1. The lowest BCUT2D eigenvalue weighted by molar-refractivity contribution is 0.0741. The van der Waals surface area contributed by atoms with Crippen molar-refractivity contribution in [1.29, 1.82) is 0 Å². The van der Waals surface area contributed by atoms with Crippen LogP contribution in [0.4, 0.5) is 11.6 Å². The van der Waals surface area contributed by atoms with Gasteiger partial charge in [0.1, 0.15) is 0 Å². The molecule has 37 heavy (non-hydrogen) atoms. The van der Waals surface area contributed by atoms with Crippen molar-refractivity contribution in [1.82, 2.24) is 19.4 Å². The van der Waals surface area contributed by atoms with E-state index in [1.165, 1.54) is 32.4 Å². The van der Waals surface area contributed by atoms with Gasteiger partial charge >= 0.3 is 0 Å². The first kappa shape index (κ1) is 27.6. The second kappa shape index (κ2) is 13.4. The van der Waals surface area contributed by atoms with Crippen LogP contribution in [0.5, 0.6) is 0 Å². The van der Waals surface area contributed by atoms with Crippen LogP contribution in [-0.2, 0) is 6.54 Å². The summed E-state index contributed by atoms with van der Waals surface area (Å²) in [6, 6.07) is 8.13. The molecule has 0 bridgehead atoms. The van der Waals surface area contributed by atoms with E-state index >= 15 is 0 Å². The van der Waals surface area contributed by atoms with E-state index in [1.807, 2.05) is 12.1 Å². The number of anilines is 2. The Labute approximate surface area is 227 Å². The molecule has 1 N–H and O–H groups in total. The molecule has 1 aliphatic rings. The van der Waals surface area contributed by atoms with E-state index in [2.05, 4.69) is 70.3 Å². The fraction of sp³-hybridized carbons (Fsp3) is 0.600. The van der Waals surface area contributed by atoms with Gasteiger partial charge in [0.2, 0.25) is 5.95 Å². The van der Waals surface area contributed by atoms with Crippen molar-refractivity contribution in [2.45, 2.75) is 72.8 Å².